The molecule has 0 spiro atoms. The van der Waals surface area contributed by atoms with Crippen molar-refractivity contribution in [3.63, 3.8) is 0 Å². The molecular weight excluding hydrogens is 288 g/mol. The highest BCUT2D eigenvalue weighted by molar-refractivity contribution is 5.92. The molecule has 2 N–H and O–H groups in total. The number of fused-ring (bicyclic) bond motifs is 1. The predicted molar refractivity (Wildman–Crippen MR) is 88.1 cm³/mol. The van der Waals surface area contributed by atoms with Gasteiger partial charge in [-0.15, -0.1) is 0 Å². The Hall–Kier alpha value is -2.58. The highest BCUT2D eigenvalue weighted by atomic mass is 16.1. The lowest BCUT2D eigenvalue weighted by molar-refractivity contribution is 0.0944. The summed E-state index contributed by atoms with van der Waals surface area (Å²) in [5.41, 5.74) is 4.62. The van der Waals surface area contributed by atoms with Crippen molar-refractivity contribution in [1.82, 2.24) is 15.2 Å². The van der Waals surface area contributed by atoms with E-state index in [0.29, 0.717) is 12.1 Å². The first-order valence-corrected chi connectivity index (χ1v) is 7.86. The molecule has 0 atom stereocenters. The van der Waals surface area contributed by atoms with Crippen molar-refractivity contribution in [2.24, 2.45) is 0 Å². The van der Waals surface area contributed by atoms with Crippen LogP contribution in [0.3, 0.4) is 0 Å². The Bertz CT molecular complexity index is 770. The number of rotatable bonds is 4. The number of nitrogens with zero attached hydrogens (tertiary/aromatic N) is 2. The highest BCUT2D eigenvalue weighted by Gasteiger charge is 2.16. The van der Waals surface area contributed by atoms with Gasteiger partial charge >= 0.3 is 0 Å². The summed E-state index contributed by atoms with van der Waals surface area (Å²) in [5.74, 6) is -0.0363. The maximum Gasteiger partial charge on any atom is 0.267 e. The van der Waals surface area contributed by atoms with Crippen molar-refractivity contribution < 1.29 is 4.79 Å². The first kappa shape index (κ1) is 15.3. The van der Waals surface area contributed by atoms with Crippen LogP contribution in [-0.2, 0) is 19.5 Å². The van der Waals surface area contributed by atoms with Gasteiger partial charge in [-0.1, -0.05) is 12.1 Å². The zero-order valence-corrected chi connectivity index (χ0v) is 13.2. The Labute approximate surface area is 135 Å². The monoisotopic (exact) mass is 308 g/mol. The van der Waals surface area contributed by atoms with Crippen molar-refractivity contribution in [3.05, 3.63) is 58.4 Å². The SMILES string of the molecule is Cc1ccc(CCNC(=O)c2ccc3n2CCNC3)cc1C#N. The topological polar surface area (TPSA) is 69.8 Å². The molecule has 0 saturated carbocycles. The van der Waals surface area contributed by atoms with Crippen molar-refractivity contribution in [3.8, 4) is 6.07 Å². The Balaban J connectivity index is 1.60. The maximum absolute atomic E-state index is 12.3. The standard InChI is InChI=1S/C18H20N4O/c1-13-2-3-14(10-15(13)11-19)6-7-21-18(23)17-5-4-16-12-20-8-9-22(16)17/h2-5,10,20H,6-9,12H2,1H3,(H,21,23). The molecule has 2 heterocycles. The van der Waals surface area contributed by atoms with Crippen LogP contribution in [0.25, 0.3) is 0 Å². The Morgan fingerprint density at radius 2 is 2.26 bits per heavy atom. The fourth-order valence-corrected chi connectivity index (χ4v) is 2.89. The van der Waals surface area contributed by atoms with Crippen molar-refractivity contribution >= 4 is 5.91 Å². The smallest absolute Gasteiger partial charge is 0.267 e. The van der Waals surface area contributed by atoms with Crippen LogP contribution in [0.5, 0.6) is 0 Å². The number of nitrogens with one attached hydrogen (secondary N) is 2. The molecule has 0 aliphatic carbocycles. The van der Waals surface area contributed by atoms with E-state index >= 15 is 0 Å². The molecule has 0 bridgehead atoms. The second-order valence-electron chi connectivity index (χ2n) is 5.81. The first-order chi connectivity index (χ1) is 11.2. The van der Waals surface area contributed by atoms with E-state index in [2.05, 4.69) is 21.3 Å². The number of hydrogen-bond donors (Lipinski definition) is 2. The minimum absolute atomic E-state index is 0.0363. The number of carbonyl (C=O) groups is 1. The fourth-order valence-electron chi connectivity index (χ4n) is 2.89. The minimum Gasteiger partial charge on any atom is -0.350 e. The molecule has 2 aromatic rings. The summed E-state index contributed by atoms with van der Waals surface area (Å²) in [4.78, 5) is 12.3. The van der Waals surface area contributed by atoms with Gasteiger partial charge in [-0.3, -0.25) is 4.79 Å². The van der Waals surface area contributed by atoms with E-state index in [1.54, 1.807) is 0 Å². The van der Waals surface area contributed by atoms with Gasteiger partial charge in [-0.25, -0.2) is 0 Å². The van der Waals surface area contributed by atoms with E-state index < -0.39 is 0 Å². The number of benzene rings is 1. The van der Waals surface area contributed by atoms with Gasteiger partial charge in [0.15, 0.2) is 0 Å². The molecule has 1 aromatic carbocycles. The quantitative estimate of drug-likeness (QED) is 0.904. The lowest BCUT2D eigenvalue weighted by Gasteiger charge is -2.18. The summed E-state index contributed by atoms with van der Waals surface area (Å²) < 4.78 is 2.07. The average Bonchev–Trinajstić information content (AvgIpc) is 3.00. The van der Waals surface area contributed by atoms with E-state index in [1.807, 2.05) is 37.3 Å². The molecule has 1 amide bonds. The lowest BCUT2D eigenvalue weighted by Crippen LogP contribution is -2.33. The first-order valence-electron chi connectivity index (χ1n) is 7.86. The number of amides is 1. The third-order valence-electron chi connectivity index (χ3n) is 4.24. The third-order valence-corrected chi connectivity index (χ3v) is 4.24. The Morgan fingerprint density at radius 3 is 3.09 bits per heavy atom. The minimum atomic E-state index is -0.0363. The van der Waals surface area contributed by atoms with Crippen LogP contribution in [0.4, 0.5) is 0 Å². The number of nitriles is 1. The molecule has 3 rings (SSSR count). The second kappa shape index (κ2) is 6.67. The molecule has 0 radical (unpaired) electrons. The molecule has 0 unspecified atom stereocenters. The normalized spacial score (nSPS) is 13.2. The van der Waals surface area contributed by atoms with Gasteiger partial charge in [0.1, 0.15) is 5.69 Å². The lowest BCUT2D eigenvalue weighted by atomic mass is 10.0. The van der Waals surface area contributed by atoms with E-state index in [9.17, 15) is 4.79 Å². The summed E-state index contributed by atoms with van der Waals surface area (Å²) in [5, 5.41) is 15.3. The largest absolute Gasteiger partial charge is 0.350 e. The predicted octanol–water partition coefficient (Wildman–Crippen LogP) is 1.74. The zero-order chi connectivity index (χ0) is 16.2. The fraction of sp³-hybridized carbons (Fsp3) is 0.333. The van der Waals surface area contributed by atoms with Crippen LogP contribution in [0.15, 0.2) is 30.3 Å². The number of aryl methyl sites for hydroxylation is 1. The Morgan fingerprint density at radius 1 is 1.39 bits per heavy atom. The summed E-state index contributed by atoms with van der Waals surface area (Å²) in [7, 11) is 0. The molecule has 1 aromatic heterocycles. The highest BCUT2D eigenvalue weighted by Crippen LogP contribution is 2.13. The van der Waals surface area contributed by atoms with Gasteiger partial charge in [0.2, 0.25) is 0 Å². The maximum atomic E-state index is 12.3. The third kappa shape index (κ3) is 3.27. The van der Waals surface area contributed by atoms with Crippen molar-refractivity contribution in [2.75, 3.05) is 13.1 Å². The second-order valence-corrected chi connectivity index (χ2v) is 5.81. The number of hydrogen-bond acceptors (Lipinski definition) is 3. The summed E-state index contributed by atoms with van der Waals surface area (Å²) in [6.45, 7) is 5.02. The molecule has 1 aliphatic rings. The summed E-state index contributed by atoms with van der Waals surface area (Å²) in [6, 6.07) is 11.9. The molecule has 5 nitrogen and oxygen atoms in total. The van der Waals surface area contributed by atoms with Crippen LogP contribution in [0.1, 0.15) is 32.9 Å². The molecule has 0 fully saturated rings. The summed E-state index contributed by atoms with van der Waals surface area (Å²) in [6.07, 6.45) is 0.718. The Kier molecular flexibility index (Phi) is 4.45. The molecule has 23 heavy (non-hydrogen) atoms. The van der Waals surface area contributed by atoms with E-state index in [0.717, 1.165) is 48.6 Å². The van der Waals surface area contributed by atoms with Crippen molar-refractivity contribution in [1.29, 1.82) is 5.26 Å². The van der Waals surface area contributed by atoms with E-state index in [4.69, 9.17) is 5.26 Å². The van der Waals surface area contributed by atoms with Gasteiger partial charge in [0, 0.05) is 31.9 Å². The van der Waals surface area contributed by atoms with Gasteiger partial charge in [0.25, 0.3) is 5.91 Å². The van der Waals surface area contributed by atoms with Gasteiger partial charge in [-0.2, -0.15) is 5.26 Å². The zero-order valence-electron chi connectivity index (χ0n) is 13.2. The number of carbonyl (C=O) groups excluding carboxylic acids is 1. The van der Waals surface area contributed by atoms with E-state index in [1.165, 1.54) is 0 Å². The molecule has 5 heteroatoms. The molecule has 1 aliphatic heterocycles. The van der Waals surface area contributed by atoms with Gasteiger partial charge < -0.3 is 15.2 Å². The number of aromatic nitrogens is 1. The van der Waals surface area contributed by atoms with Gasteiger partial charge in [-0.05, 0) is 42.7 Å². The van der Waals surface area contributed by atoms with Gasteiger partial charge in [0.05, 0.1) is 11.6 Å². The van der Waals surface area contributed by atoms with Crippen LogP contribution in [-0.4, -0.2) is 23.6 Å². The molecule has 0 saturated heterocycles. The van der Waals surface area contributed by atoms with Crippen molar-refractivity contribution in [2.45, 2.75) is 26.4 Å². The van der Waals surface area contributed by atoms with Crippen LogP contribution in [0.2, 0.25) is 0 Å². The molecule has 118 valence electrons. The summed E-state index contributed by atoms with van der Waals surface area (Å²) >= 11 is 0. The molecular formula is C18H20N4O. The average molecular weight is 308 g/mol. The van der Waals surface area contributed by atoms with Crippen LogP contribution >= 0.6 is 0 Å². The van der Waals surface area contributed by atoms with Crippen LogP contribution < -0.4 is 10.6 Å². The van der Waals surface area contributed by atoms with E-state index in [-0.39, 0.29) is 5.91 Å². The van der Waals surface area contributed by atoms with Crippen LogP contribution in [0, 0.1) is 18.3 Å².